The number of pyridine rings is 1. The number of guanidine groups is 1. The first-order valence-electron chi connectivity index (χ1n) is 8.65. The second-order valence-electron chi connectivity index (χ2n) is 6.03. The van der Waals surface area contributed by atoms with E-state index in [-0.39, 0.29) is 0 Å². The summed E-state index contributed by atoms with van der Waals surface area (Å²) in [4.78, 5) is 9.25. The molecular weight excluding hydrogens is 328 g/mol. The van der Waals surface area contributed by atoms with Crippen LogP contribution in [0.25, 0.3) is 10.9 Å². The summed E-state index contributed by atoms with van der Waals surface area (Å²) >= 11 is 1.74. The molecule has 0 saturated heterocycles. The molecule has 0 spiro atoms. The van der Waals surface area contributed by atoms with Gasteiger partial charge in [-0.1, -0.05) is 31.2 Å². The molecule has 0 fully saturated rings. The highest BCUT2D eigenvalue weighted by molar-refractivity contribution is 7.07. The molecule has 0 radical (unpaired) electrons. The van der Waals surface area contributed by atoms with Gasteiger partial charge < -0.3 is 10.6 Å². The van der Waals surface area contributed by atoms with Crippen molar-refractivity contribution in [2.45, 2.75) is 26.3 Å². The van der Waals surface area contributed by atoms with E-state index in [2.05, 4.69) is 70.6 Å². The van der Waals surface area contributed by atoms with Crippen LogP contribution in [0.15, 0.2) is 58.3 Å². The van der Waals surface area contributed by atoms with Crippen LogP contribution >= 0.6 is 11.3 Å². The van der Waals surface area contributed by atoms with Gasteiger partial charge in [0.05, 0.1) is 12.1 Å². The zero-order chi connectivity index (χ0) is 17.5. The van der Waals surface area contributed by atoms with Gasteiger partial charge in [0.25, 0.3) is 0 Å². The van der Waals surface area contributed by atoms with E-state index in [1.165, 1.54) is 5.56 Å². The van der Waals surface area contributed by atoms with E-state index in [9.17, 15) is 0 Å². The summed E-state index contributed by atoms with van der Waals surface area (Å²) in [5, 5.41) is 12.3. The largest absolute Gasteiger partial charge is 0.357 e. The molecule has 0 aliphatic rings. The average molecular weight is 353 g/mol. The van der Waals surface area contributed by atoms with Crippen molar-refractivity contribution in [2.75, 3.05) is 13.1 Å². The number of fused-ring (bicyclic) bond motifs is 1. The number of nitrogens with zero attached hydrogens (tertiary/aromatic N) is 2. The fraction of sp³-hybridized carbons (Fsp3) is 0.300. The Morgan fingerprint density at radius 1 is 1.20 bits per heavy atom. The van der Waals surface area contributed by atoms with Crippen LogP contribution in [0.2, 0.25) is 0 Å². The second kappa shape index (κ2) is 8.62. The summed E-state index contributed by atoms with van der Waals surface area (Å²) in [7, 11) is 0. The van der Waals surface area contributed by atoms with Gasteiger partial charge in [-0.15, -0.1) is 0 Å². The minimum Gasteiger partial charge on any atom is -0.357 e. The molecule has 0 aliphatic carbocycles. The summed E-state index contributed by atoms with van der Waals surface area (Å²) in [5.74, 6) is 1.30. The lowest BCUT2D eigenvalue weighted by Gasteiger charge is -2.15. The number of para-hydroxylation sites is 1. The van der Waals surface area contributed by atoms with E-state index in [4.69, 9.17) is 4.99 Å². The molecule has 0 amide bonds. The maximum absolute atomic E-state index is 4.74. The number of rotatable bonds is 6. The number of aromatic nitrogens is 1. The smallest absolute Gasteiger partial charge is 0.191 e. The summed E-state index contributed by atoms with van der Waals surface area (Å²) < 4.78 is 0. The van der Waals surface area contributed by atoms with Crippen molar-refractivity contribution >= 4 is 28.2 Å². The Labute approximate surface area is 153 Å². The maximum atomic E-state index is 4.74. The molecule has 3 rings (SSSR count). The van der Waals surface area contributed by atoms with E-state index in [0.29, 0.717) is 12.5 Å². The Kier molecular flexibility index (Phi) is 6.01. The van der Waals surface area contributed by atoms with Crippen LogP contribution in [-0.4, -0.2) is 24.0 Å². The number of thiophene rings is 1. The second-order valence-corrected chi connectivity index (χ2v) is 6.81. The van der Waals surface area contributed by atoms with Gasteiger partial charge >= 0.3 is 0 Å². The van der Waals surface area contributed by atoms with Crippen LogP contribution in [-0.2, 0) is 6.54 Å². The van der Waals surface area contributed by atoms with E-state index in [1.54, 1.807) is 11.3 Å². The molecule has 25 heavy (non-hydrogen) atoms. The third-order valence-electron chi connectivity index (χ3n) is 4.16. The molecule has 5 heteroatoms. The van der Waals surface area contributed by atoms with Gasteiger partial charge in [-0.2, -0.15) is 11.3 Å². The van der Waals surface area contributed by atoms with Crippen LogP contribution in [0.1, 0.15) is 30.9 Å². The van der Waals surface area contributed by atoms with Crippen LogP contribution < -0.4 is 10.6 Å². The highest BCUT2D eigenvalue weighted by Crippen LogP contribution is 2.18. The number of nitrogens with one attached hydrogen (secondary N) is 2. The summed E-state index contributed by atoms with van der Waals surface area (Å²) in [6.07, 6.45) is 1.83. The predicted octanol–water partition coefficient (Wildman–Crippen LogP) is 4.16. The van der Waals surface area contributed by atoms with Crippen LogP contribution in [0.5, 0.6) is 0 Å². The van der Waals surface area contributed by atoms with E-state index >= 15 is 0 Å². The van der Waals surface area contributed by atoms with Crippen molar-refractivity contribution in [1.29, 1.82) is 0 Å². The van der Waals surface area contributed by atoms with E-state index in [1.807, 2.05) is 12.3 Å². The fourth-order valence-electron chi connectivity index (χ4n) is 2.72. The zero-order valence-electron chi connectivity index (χ0n) is 14.7. The Morgan fingerprint density at radius 2 is 2.08 bits per heavy atom. The first-order valence-corrected chi connectivity index (χ1v) is 9.59. The zero-order valence-corrected chi connectivity index (χ0v) is 15.5. The number of hydrogen-bond acceptors (Lipinski definition) is 3. The van der Waals surface area contributed by atoms with Crippen LogP contribution in [0.4, 0.5) is 0 Å². The molecule has 3 aromatic rings. The highest BCUT2D eigenvalue weighted by atomic mass is 32.1. The van der Waals surface area contributed by atoms with Gasteiger partial charge in [0, 0.05) is 24.7 Å². The lowest BCUT2D eigenvalue weighted by molar-refractivity contribution is 0.702. The molecule has 1 atom stereocenters. The Hall–Kier alpha value is -2.40. The Morgan fingerprint density at radius 3 is 2.88 bits per heavy atom. The average Bonchev–Trinajstić information content (AvgIpc) is 3.18. The van der Waals surface area contributed by atoms with Crippen LogP contribution in [0.3, 0.4) is 0 Å². The van der Waals surface area contributed by atoms with E-state index in [0.717, 1.165) is 35.5 Å². The van der Waals surface area contributed by atoms with Gasteiger partial charge in [0.1, 0.15) is 0 Å². The summed E-state index contributed by atoms with van der Waals surface area (Å²) in [6.45, 7) is 6.62. The summed E-state index contributed by atoms with van der Waals surface area (Å²) in [6, 6.07) is 12.5. The molecule has 1 aromatic carbocycles. The van der Waals surface area contributed by atoms with Crippen molar-refractivity contribution in [1.82, 2.24) is 15.6 Å². The van der Waals surface area contributed by atoms with Crippen molar-refractivity contribution in [3.8, 4) is 0 Å². The summed E-state index contributed by atoms with van der Waals surface area (Å²) in [5.41, 5.74) is 3.53. The van der Waals surface area contributed by atoms with Crippen molar-refractivity contribution in [2.24, 2.45) is 4.99 Å². The van der Waals surface area contributed by atoms with Gasteiger partial charge in [0.2, 0.25) is 0 Å². The number of aliphatic imine (C=N–C) groups is 1. The minimum atomic E-state index is 0.453. The molecule has 0 bridgehead atoms. The third-order valence-corrected chi connectivity index (χ3v) is 4.86. The molecule has 0 aliphatic heterocycles. The third kappa shape index (κ3) is 4.57. The standard InChI is InChI=1S/C20H24N4S/c1-3-21-20(23-12-15(2)18-9-11-25-14-18)24-13-17-7-4-6-16-8-5-10-22-19(16)17/h4-11,14-15H,3,12-13H2,1-2H3,(H2,21,23,24). The lowest BCUT2D eigenvalue weighted by Crippen LogP contribution is -2.39. The van der Waals surface area contributed by atoms with Gasteiger partial charge in [-0.05, 0) is 46.9 Å². The molecule has 130 valence electrons. The van der Waals surface area contributed by atoms with Crippen molar-refractivity contribution < 1.29 is 0 Å². The molecule has 2 N–H and O–H groups in total. The molecule has 2 heterocycles. The number of hydrogen-bond donors (Lipinski definition) is 2. The van der Waals surface area contributed by atoms with Gasteiger partial charge in [-0.3, -0.25) is 4.98 Å². The van der Waals surface area contributed by atoms with Crippen molar-refractivity contribution in [3.05, 3.63) is 64.5 Å². The van der Waals surface area contributed by atoms with Crippen LogP contribution in [0, 0.1) is 0 Å². The molecular formula is C20H24N4S. The minimum absolute atomic E-state index is 0.453. The normalized spacial score (nSPS) is 13.0. The fourth-order valence-corrected chi connectivity index (χ4v) is 3.51. The van der Waals surface area contributed by atoms with Crippen molar-refractivity contribution in [3.63, 3.8) is 0 Å². The maximum Gasteiger partial charge on any atom is 0.191 e. The molecule has 2 aromatic heterocycles. The number of benzene rings is 1. The predicted molar refractivity (Wildman–Crippen MR) is 107 cm³/mol. The molecule has 1 unspecified atom stereocenters. The lowest BCUT2D eigenvalue weighted by atomic mass is 10.1. The van der Waals surface area contributed by atoms with Gasteiger partial charge in [-0.25, -0.2) is 4.99 Å². The quantitative estimate of drug-likeness (QED) is 0.517. The van der Waals surface area contributed by atoms with E-state index < -0.39 is 0 Å². The topological polar surface area (TPSA) is 49.3 Å². The van der Waals surface area contributed by atoms with Gasteiger partial charge in [0.15, 0.2) is 5.96 Å². The Bertz CT molecular complexity index is 821. The Balaban J connectivity index is 1.69. The molecule has 0 saturated carbocycles. The first-order chi connectivity index (χ1) is 12.3. The SMILES string of the molecule is CCNC(=NCc1cccc2cccnc12)NCC(C)c1ccsc1. The molecule has 4 nitrogen and oxygen atoms in total. The highest BCUT2D eigenvalue weighted by Gasteiger charge is 2.07. The monoisotopic (exact) mass is 352 g/mol. The first kappa shape index (κ1) is 17.4.